The summed E-state index contributed by atoms with van der Waals surface area (Å²) in [6.45, 7) is 13.4. The van der Waals surface area contributed by atoms with Crippen molar-refractivity contribution in [3.05, 3.63) is 76.9 Å². The fourth-order valence-electron chi connectivity index (χ4n) is 8.93. The first-order valence-electron chi connectivity index (χ1n) is 18.7. The van der Waals surface area contributed by atoms with Crippen LogP contribution in [0, 0.1) is 6.57 Å². The van der Waals surface area contributed by atoms with Gasteiger partial charge in [0.2, 0.25) is 11.8 Å². The largest absolute Gasteiger partial charge is 0.407 e. The minimum absolute atomic E-state index is 0.0652. The van der Waals surface area contributed by atoms with Gasteiger partial charge in [-0.25, -0.2) is 4.85 Å². The van der Waals surface area contributed by atoms with E-state index in [1.165, 1.54) is 10.7 Å². The second kappa shape index (κ2) is 13.8. The molecule has 6 heterocycles. The quantitative estimate of drug-likeness (QED) is 0.261. The number of hydrogen-bond donors (Lipinski definition) is 2. The number of halogens is 3. The van der Waals surface area contributed by atoms with Gasteiger partial charge < -0.3 is 15.1 Å². The van der Waals surface area contributed by atoms with E-state index in [2.05, 4.69) is 35.3 Å². The van der Waals surface area contributed by atoms with E-state index in [0.717, 1.165) is 80.3 Å². The van der Waals surface area contributed by atoms with Crippen molar-refractivity contribution in [1.82, 2.24) is 24.9 Å². The van der Waals surface area contributed by atoms with Gasteiger partial charge in [-0.1, -0.05) is 6.07 Å². The number of carbonyl (C=O) groups is 5. The lowest BCUT2D eigenvalue weighted by molar-refractivity contribution is -0.137. The van der Waals surface area contributed by atoms with E-state index in [0.29, 0.717) is 18.1 Å². The Kier molecular flexibility index (Phi) is 9.14. The molecular formula is C39H40F3N9O5. The van der Waals surface area contributed by atoms with Crippen molar-refractivity contribution in [3.8, 4) is 0 Å². The molecule has 3 aromatic rings. The molecule has 4 saturated heterocycles. The molecule has 0 spiro atoms. The molecule has 0 aliphatic carbocycles. The van der Waals surface area contributed by atoms with Crippen molar-refractivity contribution < 1.29 is 37.1 Å². The number of anilines is 3. The Morgan fingerprint density at radius 2 is 1.57 bits per heavy atom. The van der Waals surface area contributed by atoms with Crippen molar-refractivity contribution in [3.63, 3.8) is 0 Å². The first kappa shape index (κ1) is 37.2. The number of benzene rings is 2. The smallest absolute Gasteiger partial charge is 0.369 e. The molecular weight excluding hydrogens is 731 g/mol. The third-order valence-corrected chi connectivity index (χ3v) is 12.0. The molecule has 2 aromatic carbocycles. The Bertz CT molecular complexity index is 2170. The number of piperidine rings is 2. The Morgan fingerprint density at radius 1 is 0.875 bits per heavy atom. The molecule has 3 atom stereocenters. The fourth-order valence-corrected chi connectivity index (χ4v) is 8.93. The van der Waals surface area contributed by atoms with Gasteiger partial charge in [-0.05, 0) is 76.3 Å². The molecule has 56 heavy (non-hydrogen) atoms. The monoisotopic (exact) mass is 771 g/mol. The average Bonchev–Trinajstić information content (AvgIpc) is 3.84. The van der Waals surface area contributed by atoms with Crippen LogP contribution in [0.5, 0.6) is 0 Å². The van der Waals surface area contributed by atoms with Gasteiger partial charge in [0.25, 0.3) is 17.7 Å². The predicted octanol–water partition coefficient (Wildman–Crippen LogP) is 4.55. The molecule has 5 aliphatic rings. The van der Waals surface area contributed by atoms with Crippen LogP contribution in [-0.2, 0) is 26.1 Å². The summed E-state index contributed by atoms with van der Waals surface area (Å²) in [4.78, 5) is 75.2. The van der Waals surface area contributed by atoms with Gasteiger partial charge in [0, 0.05) is 68.3 Å². The maximum atomic E-state index is 13.5. The normalized spacial score (nSPS) is 23.4. The Balaban J connectivity index is 0.879. The summed E-state index contributed by atoms with van der Waals surface area (Å²) in [7, 11) is 0. The van der Waals surface area contributed by atoms with Crippen molar-refractivity contribution in [2.24, 2.45) is 0 Å². The van der Waals surface area contributed by atoms with E-state index < -0.39 is 58.5 Å². The highest BCUT2D eigenvalue weighted by molar-refractivity contribution is 6.23. The molecule has 0 radical (unpaired) electrons. The van der Waals surface area contributed by atoms with Gasteiger partial charge in [-0.2, -0.15) is 18.3 Å². The number of nitrogens with zero attached hydrogens (tertiary/aromatic N) is 7. The number of rotatable bonds is 7. The number of fused-ring (bicyclic) bond motifs is 3. The molecule has 3 unspecified atom stereocenters. The first-order valence-corrected chi connectivity index (χ1v) is 18.7. The Morgan fingerprint density at radius 3 is 2.23 bits per heavy atom. The third kappa shape index (κ3) is 6.45. The molecule has 5 aliphatic heterocycles. The van der Waals surface area contributed by atoms with Gasteiger partial charge in [-0.3, -0.25) is 43.8 Å². The van der Waals surface area contributed by atoms with Gasteiger partial charge >= 0.3 is 6.18 Å². The lowest BCUT2D eigenvalue weighted by atomic mass is 9.98. The summed E-state index contributed by atoms with van der Waals surface area (Å²) >= 11 is 0. The molecule has 14 nitrogen and oxygen atoms in total. The minimum atomic E-state index is -4.74. The number of amides is 5. The van der Waals surface area contributed by atoms with Crippen LogP contribution >= 0.6 is 0 Å². The van der Waals surface area contributed by atoms with Crippen LogP contribution in [0.3, 0.4) is 0 Å². The van der Waals surface area contributed by atoms with E-state index in [1.807, 2.05) is 6.07 Å². The van der Waals surface area contributed by atoms with Crippen LogP contribution in [0.15, 0.2) is 48.8 Å². The van der Waals surface area contributed by atoms with Gasteiger partial charge in [0.1, 0.15) is 11.6 Å². The van der Waals surface area contributed by atoms with Crippen molar-refractivity contribution in [2.75, 3.05) is 41.3 Å². The van der Waals surface area contributed by atoms with E-state index >= 15 is 0 Å². The highest BCUT2D eigenvalue weighted by Crippen LogP contribution is 2.40. The fraction of sp³-hybridized carbons (Fsp3) is 0.462. The zero-order valence-corrected chi connectivity index (χ0v) is 30.8. The molecule has 8 rings (SSSR count). The highest BCUT2D eigenvalue weighted by Gasteiger charge is 2.47. The van der Waals surface area contributed by atoms with Crippen molar-refractivity contribution in [1.29, 1.82) is 0 Å². The Hall–Kier alpha value is -5.76. The van der Waals surface area contributed by atoms with Crippen LogP contribution in [0.25, 0.3) is 4.85 Å². The number of imide groups is 2. The summed E-state index contributed by atoms with van der Waals surface area (Å²) in [6, 6.07) is 8.40. The molecule has 2 N–H and O–H groups in total. The van der Waals surface area contributed by atoms with Crippen LogP contribution in [0.4, 0.5) is 35.9 Å². The number of hydrogen-bond acceptors (Lipinski definition) is 9. The summed E-state index contributed by atoms with van der Waals surface area (Å²) in [5, 5.41) is 9.25. The van der Waals surface area contributed by atoms with Crippen LogP contribution < -0.4 is 20.4 Å². The zero-order valence-electron chi connectivity index (χ0n) is 30.8. The second-order valence-corrected chi connectivity index (χ2v) is 15.6. The van der Waals surface area contributed by atoms with E-state index in [4.69, 9.17) is 6.57 Å². The molecule has 1 aromatic heterocycles. The summed E-state index contributed by atoms with van der Waals surface area (Å²) < 4.78 is 42.0. The van der Waals surface area contributed by atoms with Crippen LogP contribution in [0.2, 0.25) is 0 Å². The molecule has 5 amide bonds. The lowest BCUT2D eigenvalue weighted by Gasteiger charge is -2.48. The number of piperazine rings is 1. The number of aromatic nitrogens is 2. The first-order chi connectivity index (χ1) is 26.6. The van der Waals surface area contributed by atoms with Crippen molar-refractivity contribution >= 4 is 52.3 Å². The second-order valence-electron chi connectivity index (χ2n) is 15.6. The SMILES string of the molecule is [C-]#[N+]c1ccc(NC(=O)C(C)(C)n2cc(N3CCC(N4C5CCC4CN(c4ccc6c(c4)C(=O)N(C4CCC(=O)NC4=O)C6=O)C5)CC3)cn2)cc1C(F)(F)F. The molecule has 17 heteroatoms. The summed E-state index contributed by atoms with van der Waals surface area (Å²) in [5.74, 6) is -2.64. The highest BCUT2D eigenvalue weighted by atomic mass is 19.4. The number of carbonyl (C=O) groups excluding carboxylic acids is 5. The van der Waals surface area contributed by atoms with Gasteiger partial charge in [0.15, 0.2) is 5.69 Å². The summed E-state index contributed by atoms with van der Waals surface area (Å²) in [5.41, 5.74) is -0.705. The standard InChI is InChI=1S/C39H40F3N9O5/c1-38(2,37(56)45-22-4-9-31(43-3)30(16-22)39(40,41)42)49-21-27(18-44-49)47-14-12-23(13-15-47)50-25-5-6-26(50)20-48(19-25)24-7-8-28-29(17-24)36(55)51(35(28)54)32-10-11-33(52)46-34(32)53/h4,7-9,16-18,21,23,25-26,32H,5-6,10-15,19-20H2,1-2H3,(H,45,56)(H,46,52,53). The minimum Gasteiger partial charge on any atom is -0.369 e. The zero-order chi connectivity index (χ0) is 39.7. The van der Waals surface area contributed by atoms with Gasteiger partial charge in [-0.15, -0.1) is 0 Å². The molecule has 0 saturated carbocycles. The lowest BCUT2D eigenvalue weighted by Crippen LogP contribution is -2.59. The van der Waals surface area contributed by atoms with E-state index in [-0.39, 0.29) is 29.7 Å². The van der Waals surface area contributed by atoms with Crippen LogP contribution in [0.1, 0.15) is 78.7 Å². The third-order valence-electron chi connectivity index (χ3n) is 12.0. The van der Waals surface area contributed by atoms with Crippen LogP contribution in [-0.4, -0.2) is 99.5 Å². The van der Waals surface area contributed by atoms with Crippen molar-refractivity contribution in [2.45, 2.75) is 88.3 Å². The average molecular weight is 772 g/mol. The van der Waals surface area contributed by atoms with E-state index in [9.17, 15) is 37.1 Å². The molecule has 4 fully saturated rings. The number of alkyl halides is 3. The predicted molar refractivity (Wildman–Crippen MR) is 197 cm³/mol. The molecule has 292 valence electrons. The summed E-state index contributed by atoms with van der Waals surface area (Å²) in [6.07, 6.45) is 2.87. The molecule has 2 bridgehead atoms. The van der Waals surface area contributed by atoms with E-state index in [1.54, 1.807) is 38.4 Å². The maximum absolute atomic E-state index is 13.5. The van der Waals surface area contributed by atoms with Gasteiger partial charge in [0.05, 0.1) is 35.1 Å². The Labute approximate surface area is 320 Å². The number of nitrogens with one attached hydrogen (secondary N) is 2. The maximum Gasteiger partial charge on any atom is 0.407 e. The topological polar surface area (TPSA) is 145 Å².